The molecule has 3 N–H and O–H groups in total. The van der Waals surface area contributed by atoms with Crippen LogP contribution < -0.4 is 10.7 Å². The van der Waals surface area contributed by atoms with Gasteiger partial charge in [-0.05, 0) is 124 Å². The summed E-state index contributed by atoms with van der Waals surface area (Å²) in [5, 5.41) is 16.9. The van der Waals surface area contributed by atoms with E-state index in [1.54, 1.807) is 37.4 Å². The Kier molecular flexibility index (Phi) is 16.3. The maximum absolute atomic E-state index is 15.0. The molecule has 3 aliphatic rings. The van der Waals surface area contributed by atoms with Gasteiger partial charge in [0.25, 0.3) is 5.91 Å². The topological polar surface area (TPSA) is 179 Å². The molecule has 0 spiro atoms. The number of cyclic esters (lactones) is 1. The maximum Gasteiger partial charge on any atom is 0.324 e. The molecule has 3 aromatic carbocycles. The van der Waals surface area contributed by atoms with Crippen LogP contribution in [0, 0.1) is 17.3 Å². The van der Waals surface area contributed by atoms with Crippen LogP contribution in [0.5, 0.6) is 5.75 Å². The van der Waals surface area contributed by atoms with Gasteiger partial charge in [0.15, 0.2) is 0 Å². The van der Waals surface area contributed by atoms with Gasteiger partial charge in [-0.15, -0.1) is 0 Å². The largest absolute Gasteiger partial charge is 0.508 e. The van der Waals surface area contributed by atoms with Crippen LogP contribution in [-0.2, 0) is 52.8 Å². The number of fused-ring (bicyclic) bond motifs is 6. The lowest BCUT2D eigenvalue weighted by Crippen LogP contribution is -2.62. The highest BCUT2D eigenvalue weighted by atomic mass is 16.5. The second-order valence-corrected chi connectivity index (χ2v) is 21.7. The Bertz CT molecular complexity index is 2880. The maximum atomic E-state index is 15.0. The average Bonchev–Trinajstić information content (AvgIpc) is 3.96. The van der Waals surface area contributed by atoms with Gasteiger partial charge in [-0.25, -0.2) is 5.43 Å². The molecule has 5 aromatic rings. The molecule has 16 nitrogen and oxygen atoms in total. The SMILES string of the molecule is CCn1c(-c2cccnc2[C@H](C)OC)c2c3cc(ccc31)-c1cc(O)cc(c1)C[C@H](NC(=O)[C@H](C(C)C)N(C)C(=O)[C@@H]1CCN(C(=O)CN(C)C)[C@@H]1c1ccccc1)C(=O)N1CCC[C@H](N1)C(=O)OCC(C)(C)C2. The first-order valence-corrected chi connectivity index (χ1v) is 26.1. The number of ether oxygens (including phenoxy) is 2. The highest BCUT2D eigenvalue weighted by molar-refractivity contribution is 5.96. The second kappa shape index (κ2) is 22.5. The Morgan fingerprint density at radius 2 is 1.72 bits per heavy atom. The molecule has 4 amide bonds. The summed E-state index contributed by atoms with van der Waals surface area (Å²) in [6, 6.07) is 21.5. The van der Waals surface area contributed by atoms with E-state index in [0.29, 0.717) is 49.9 Å². The normalized spacial score (nSPS) is 21.1. The number of aryl methyl sites for hydroxylation is 1. The van der Waals surface area contributed by atoms with Gasteiger partial charge in [-0.1, -0.05) is 70.2 Å². The van der Waals surface area contributed by atoms with Crippen molar-refractivity contribution >= 4 is 40.5 Å². The average molecular weight is 1010 g/mol. The minimum Gasteiger partial charge on any atom is -0.508 e. The van der Waals surface area contributed by atoms with Crippen LogP contribution in [0.3, 0.4) is 0 Å². The van der Waals surface area contributed by atoms with Crippen molar-refractivity contribution in [2.45, 2.75) is 110 Å². The number of nitrogens with zero attached hydrogens (tertiary/aromatic N) is 6. The number of methoxy groups -OCH3 is 1. The van der Waals surface area contributed by atoms with Gasteiger partial charge in [0.05, 0.1) is 42.6 Å². The number of likely N-dealkylation sites (N-methyl/N-ethyl adjacent to an activating group) is 2. The first-order valence-electron chi connectivity index (χ1n) is 26.1. The summed E-state index contributed by atoms with van der Waals surface area (Å²) >= 11 is 0. The van der Waals surface area contributed by atoms with Gasteiger partial charge in [0.1, 0.15) is 23.9 Å². The van der Waals surface area contributed by atoms with Gasteiger partial charge in [0, 0.05) is 68.3 Å². The smallest absolute Gasteiger partial charge is 0.324 e. The Morgan fingerprint density at radius 1 is 0.959 bits per heavy atom. The van der Waals surface area contributed by atoms with Crippen LogP contribution in [0.4, 0.5) is 0 Å². The highest BCUT2D eigenvalue weighted by Crippen LogP contribution is 2.43. The number of nitrogens with one attached hydrogen (secondary N) is 2. The monoisotopic (exact) mass is 1010 g/mol. The Morgan fingerprint density at radius 3 is 2.42 bits per heavy atom. The number of hydrazine groups is 1. The number of aromatic hydroxyl groups is 1. The third kappa shape index (κ3) is 11.2. The van der Waals surface area contributed by atoms with E-state index in [0.717, 1.165) is 44.5 Å². The van der Waals surface area contributed by atoms with Crippen molar-refractivity contribution in [1.29, 1.82) is 0 Å². The van der Waals surface area contributed by atoms with Gasteiger partial charge in [-0.2, -0.15) is 0 Å². The number of rotatable bonds is 12. The lowest BCUT2D eigenvalue weighted by atomic mass is 9.84. The predicted molar refractivity (Wildman–Crippen MR) is 284 cm³/mol. The number of phenols is 1. The molecule has 5 heterocycles. The number of likely N-dealkylation sites (tertiary alicyclic amines) is 1. The molecule has 6 bridgehead atoms. The molecule has 2 aromatic heterocycles. The molecule has 0 radical (unpaired) electrons. The zero-order valence-electron chi connectivity index (χ0n) is 44.7. The standard InChI is InChI=1S/C58H74N8O8/c1-11-64-48-22-21-39-31-44(48)45(53(64)42-19-15-24-59-50(42)36(4)73-10)32-58(5,6)34-74-57(72)46-20-16-25-66(61-46)56(71)47(29-37-27-40(39)30-41(67)28-37)60-54(69)51(35(2)3)63(9)55(70)43-23-26-65(49(68)33-62(7)8)52(43)38-17-13-12-14-18-38/h12-15,17-19,21-22,24,27-28,30-31,35-36,43,46-47,51-52,61,67H,11,16,20,23,25-26,29,32-34H2,1-10H3,(H,60,69)/t36-,43+,46-,47-,51-,52+/m0/s1. The van der Waals surface area contributed by atoms with Crippen molar-refractivity contribution in [2.24, 2.45) is 17.3 Å². The Hall–Kier alpha value is -6.62. The summed E-state index contributed by atoms with van der Waals surface area (Å²) in [5.41, 5.74) is 10.4. The molecular formula is C58H74N8O8. The number of esters is 1. The summed E-state index contributed by atoms with van der Waals surface area (Å²) in [7, 11) is 6.96. The van der Waals surface area contributed by atoms with Crippen molar-refractivity contribution in [3.05, 3.63) is 107 Å². The molecule has 0 unspecified atom stereocenters. The van der Waals surface area contributed by atoms with Crippen LogP contribution >= 0.6 is 0 Å². The van der Waals surface area contributed by atoms with E-state index in [-0.39, 0.29) is 55.7 Å². The summed E-state index contributed by atoms with van der Waals surface area (Å²) < 4.78 is 14.3. The molecule has 16 heteroatoms. The third-order valence-electron chi connectivity index (χ3n) is 15.0. The quantitative estimate of drug-likeness (QED) is 0.109. The molecule has 3 aliphatic heterocycles. The fraction of sp³-hybridized carbons (Fsp3) is 0.483. The van der Waals surface area contributed by atoms with Crippen LogP contribution in [0.2, 0.25) is 0 Å². The number of aromatic nitrogens is 2. The van der Waals surface area contributed by atoms with E-state index in [1.807, 2.05) is 88.3 Å². The minimum atomic E-state index is -1.19. The van der Waals surface area contributed by atoms with Crippen molar-refractivity contribution in [3.8, 4) is 28.1 Å². The summed E-state index contributed by atoms with van der Waals surface area (Å²) in [4.78, 5) is 82.3. The summed E-state index contributed by atoms with van der Waals surface area (Å²) in [5.74, 6) is -2.90. The Balaban J connectivity index is 1.18. The van der Waals surface area contributed by atoms with Crippen LogP contribution in [0.1, 0.15) is 95.3 Å². The van der Waals surface area contributed by atoms with E-state index >= 15 is 0 Å². The van der Waals surface area contributed by atoms with E-state index in [9.17, 15) is 29.1 Å². The van der Waals surface area contributed by atoms with Gasteiger partial charge in [-0.3, -0.25) is 34.0 Å². The van der Waals surface area contributed by atoms with Gasteiger partial charge >= 0.3 is 5.97 Å². The van der Waals surface area contributed by atoms with E-state index in [2.05, 4.69) is 54.3 Å². The fourth-order valence-electron chi connectivity index (χ4n) is 11.4. The van der Waals surface area contributed by atoms with Crippen LogP contribution in [0.25, 0.3) is 33.3 Å². The van der Waals surface area contributed by atoms with E-state index < -0.39 is 53.3 Å². The highest BCUT2D eigenvalue weighted by Gasteiger charge is 2.46. The van der Waals surface area contributed by atoms with Crippen molar-refractivity contribution in [3.63, 3.8) is 0 Å². The number of carbonyl (C=O) groups is 5. The second-order valence-electron chi connectivity index (χ2n) is 21.7. The van der Waals surface area contributed by atoms with Gasteiger partial charge < -0.3 is 39.2 Å². The summed E-state index contributed by atoms with van der Waals surface area (Å²) in [6.07, 6.45) is 3.34. The molecule has 2 saturated heterocycles. The number of pyridine rings is 1. The molecule has 6 atom stereocenters. The lowest BCUT2D eigenvalue weighted by molar-refractivity contribution is -0.155. The predicted octanol–water partition coefficient (Wildman–Crippen LogP) is 7.09. The summed E-state index contributed by atoms with van der Waals surface area (Å²) in [6.45, 7) is 13.6. The van der Waals surface area contributed by atoms with Crippen molar-refractivity contribution in [2.75, 3.05) is 54.5 Å². The molecule has 394 valence electrons. The number of phenolic OH excluding ortho intramolecular Hbond substituents is 1. The minimum absolute atomic E-state index is 0.0156. The van der Waals surface area contributed by atoms with Crippen molar-refractivity contribution in [1.82, 2.24) is 40.0 Å². The van der Waals surface area contributed by atoms with Crippen LogP contribution in [-0.4, -0.2) is 137 Å². The third-order valence-corrected chi connectivity index (χ3v) is 15.0. The number of amides is 4. The van der Waals surface area contributed by atoms with Crippen LogP contribution in [0.15, 0.2) is 85.1 Å². The number of hydrogen-bond donors (Lipinski definition) is 3. The first-order chi connectivity index (χ1) is 35.3. The molecule has 74 heavy (non-hydrogen) atoms. The zero-order valence-corrected chi connectivity index (χ0v) is 44.7. The Labute approximate surface area is 435 Å². The van der Waals surface area contributed by atoms with Crippen molar-refractivity contribution < 1.29 is 38.6 Å². The number of benzene rings is 3. The van der Waals surface area contributed by atoms with Gasteiger partial charge in [0.2, 0.25) is 17.7 Å². The molecular weight excluding hydrogens is 937 g/mol. The molecule has 0 saturated carbocycles. The lowest BCUT2D eigenvalue weighted by Gasteiger charge is -2.37. The number of carbonyl (C=O) groups excluding carboxylic acids is 5. The first kappa shape index (κ1) is 53.7. The molecule has 8 rings (SSSR count). The number of hydrogen-bond acceptors (Lipinski definition) is 11. The zero-order chi connectivity index (χ0) is 53.2. The fourth-order valence-corrected chi connectivity index (χ4v) is 11.4. The van der Waals surface area contributed by atoms with E-state index in [4.69, 9.17) is 14.5 Å². The molecule has 0 aliphatic carbocycles. The van der Waals surface area contributed by atoms with E-state index in [1.165, 1.54) is 9.91 Å². The molecule has 2 fully saturated rings.